The highest BCUT2D eigenvalue weighted by molar-refractivity contribution is 9.10. The van der Waals surface area contributed by atoms with Crippen molar-refractivity contribution < 1.29 is 4.74 Å². The zero-order valence-corrected chi connectivity index (χ0v) is 11.7. The number of halogens is 1. The van der Waals surface area contributed by atoms with Gasteiger partial charge in [-0.2, -0.15) is 0 Å². The summed E-state index contributed by atoms with van der Waals surface area (Å²) >= 11 is 3.52. The number of rotatable bonds is 2. The Morgan fingerprint density at radius 3 is 2.89 bits per heavy atom. The predicted molar refractivity (Wildman–Crippen MR) is 77.2 cm³/mol. The highest BCUT2D eigenvalue weighted by Crippen LogP contribution is 2.38. The molecule has 3 rings (SSSR count). The molecule has 0 aromatic heterocycles. The van der Waals surface area contributed by atoms with Gasteiger partial charge in [-0.1, -0.05) is 34.1 Å². The lowest BCUT2D eigenvalue weighted by Gasteiger charge is -2.15. The molecule has 18 heavy (non-hydrogen) atoms. The van der Waals surface area contributed by atoms with Gasteiger partial charge in [-0.3, -0.25) is 0 Å². The van der Waals surface area contributed by atoms with E-state index in [1.165, 1.54) is 16.8 Å². The van der Waals surface area contributed by atoms with Crippen LogP contribution in [0.4, 0.5) is 5.69 Å². The standard InChI is InChI=1S/C15H14BrNO/c1-18-15-5-3-2-4-12(15)14-9-10-8-11(16)6-7-13(10)17-14/h2-8,14,17H,9H2,1H3. The summed E-state index contributed by atoms with van der Waals surface area (Å²) < 4.78 is 6.56. The Bertz CT molecular complexity index is 582. The minimum absolute atomic E-state index is 0.297. The van der Waals surface area contributed by atoms with Crippen LogP contribution >= 0.6 is 15.9 Å². The molecule has 1 atom stereocenters. The Kier molecular flexibility index (Phi) is 3.00. The van der Waals surface area contributed by atoms with E-state index >= 15 is 0 Å². The number of methoxy groups -OCH3 is 1. The predicted octanol–water partition coefficient (Wildman–Crippen LogP) is 4.17. The third-order valence-corrected chi connectivity index (χ3v) is 3.83. The number of benzene rings is 2. The number of hydrogen-bond donors (Lipinski definition) is 1. The van der Waals surface area contributed by atoms with Crippen molar-refractivity contribution >= 4 is 21.6 Å². The van der Waals surface area contributed by atoms with E-state index in [1.807, 2.05) is 12.1 Å². The van der Waals surface area contributed by atoms with Crippen LogP contribution in [0, 0.1) is 0 Å². The molecule has 0 bridgehead atoms. The van der Waals surface area contributed by atoms with Crippen molar-refractivity contribution in [1.82, 2.24) is 0 Å². The van der Waals surface area contributed by atoms with Crippen LogP contribution < -0.4 is 10.1 Å². The van der Waals surface area contributed by atoms with Crippen molar-refractivity contribution in [3.05, 3.63) is 58.1 Å². The zero-order chi connectivity index (χ0) is 12.5. The summed E-state index contributed by atoms with van der Waals surface area (Å²) in [6.07, 6.45) is 0.995. The Morgan fingerprint density at radius 2 is 2.06 bits per heavy atom. The van der Waals surface area contributed by atoms with Crippen molar-refractivity contribution in [3.8, 4) is 5.75 Å². The van der Waals surface area contributed by atoms with Crippen LogP contribution in [0.3, 0.4) is 0 Å². The molecule has 2 aromatic rings. The summed E-state index contributed by atoms with van der Waals surface area (Å²) in [7, 11) is 1.72. The molecule has 0 radical (unpaired) electrons. The van der Waals surface area contributed by atoms with Crippen molar-refractivity contribution in [1.29, 1.82) is 0 Å². The van der Waals surface area contributed by atoms with E-state index in [1.54, 1.807) is 7.11 Å². The van der Waals surface area contributed by atoms with Gasteiger partial charge < -0.3 is 10.1 Å². The van der Waals surface area contributed by atoms with E-state index in [0.29, 0.717) is 6.04 Å². The topological polar surface area (TPSA) is 21.3 Å². The summed E-state index contributed by atoms with van der Waals surface area (Å²) in [6, 6.07) is 14.8. The molecule has 0 saturated carbocycles. The second-order valence-electron chi connectivity index (χ2n) is 4.44. The molecular formula is C15H14BrNO. The van der Waals surface area contributed by atoms with E-state index in [4.69, 9.17) is 4.74 Å². The fourth-order valence-electron chi connectivity index (χ4n) is 2.47. The molecule has 0 saturated heterocycles. The van der Waals surface area contributed by atoms with Crippen molar-refractivity contribution in [2.45, 2.75) is 12.5 Å². The van der Waals surface area contributed by atoms with Gasteiger partial charge in [0.2, 0.25) is 0 Å². The third kappa shape index (κ3) is 1.99. The smallest absolute Gasteiger partial charge is 0.124 e. The molecule has 0 aliphatic carbocycles. The van der Waals surface area contributed by atoms with Crippen LogP contribution in [0.25, 0.3) is 0 Å². The number of anilines is 1. The number of fused-ring (bicyclic) bond motifs is 1. The highest BCUT2D eigenvalue weighted by Gasteiger charge is 2.24. The molecule has 92 valence electrons. The van der Waals surface area contributed by atoms with Gasteiger partial charge in [0.05, 0.1) is 13.2 Å². The van der Waals surface area contributed by atoms with Gasteiger partial charge in [-0.05, 0) is 36.2 Å². The van der Waals surface area contributed by atoms with E-state index in [-0.39, 0.29) is 0 Å². The van der Waals surface area contributed by atoms with Gasteiger partial charge in [0.25, 0.3) is 0 Å². The molecule has 2 nitrogen and oxygen atoms in total. The number of hydrogen-bond acceptors (Lipinski definition) is 2. The monoisotopic (exact) mass is 303 g/mol. The Morgan fingerprint density at radius 1 is 1.22 bits per heavy atom. The van der Waals surface area contributed by atoms with Gasteiger partial charge in [0.15, 0.2) is 0 Å². The maximum Gasteiger partial charge on any atom is 0.124 e. The maximum absolute atomic E-state index is 5.43. The minimum atomic E-state index is 0.297. The summed E-state index contributed by atoms with van der Waals surface area (Å²) in [4.78, 5) is 0. The fourth-order valence-corrected chi connectivity index (χ4v) is 2.88. The Hall–Kier alpha value is -1.48. The van der Waals surface area contributed by atoms with Crippen molar-refractivity contribution in [3.63, 3.8) is 0 Å². The van der Waals surface area contributed by atoms with Crippen molar-refractivity contribution in [2.24, 2.45) is 0 Å². The first-order valence-corrected chi connectivity index (χ1v) is 6.75. The SMILES string of the molecule is COc1ccccc1C1Cc2cc(Br)ccc2N1. The van der Waals surface area contributed by atoms with Crippen LogP contribution in [0.2, 0.25) is 0 Å². The molecule has 1 aliphatic rings. The summed E-state index contributed by atoms with van der Waals surface area (Å²) in [6.45, 7) is 0. The molecule has 0 amide bonds. The van der Waals surface area contributed by atoms with Gasteiger partial charge in [0, 0.05) is 15.7 Å². The van der Waals surface area contributed by atoms with Crippen LogP contribution in [0.1, 0.15) is 17.2 Å². The molecule has 0 spiro atoms. The first kappa shape index (κ1) is 11.6. The zero-order valence-electron chi connectivity index (χ0n) is 10.1. The Labute approximate surface area is 115 Å². The quantitative estimate of drug-likeness (QED) is 0.899. The molecule has 1 N–H and O–H groups in total. The lowest BCUT2D eigenvalue weighted by molar-refractivity contribution is 0.407. The van der Waals surface area contributed by atoms with E-state index in [2.05, 4.69) is 51.6 Å². The maximum atomic E-state index is 5.43. The largest absolute Gasteiger partial charge is 0.496 e. The summed E-state index contributed by atoms with van der Waals surface area (Å²) in [5.74, 6) is 0.946. The van der Waals surface area contributed by atoms with Gasteiger partial charge in [-0.25, -0.2) is 0 Å². The minimum Gasteiger partial charge on any atom is -0.496 e. The summed E-state index contributed by atoms with van der Waals surface area (Å²) in [5, 5.41) is 3.55. The fraction of sp³-hybridized carbons (Fsp3) is 0.200. The summed E-state index contributed by atoms with van der Waals surface area (Å²) in [5.41, 5.74) is 3.78. The van der Waals surface area contributed by atoms with Gasteiger partial charge in [0.1, 0.15) is 5.75 Å². The molecule has 0 fully saturated rings. The van der Waals surface area contributed by atoms with Crippen LogP contribution in [0.15, 0.2) is 46.9 Å². The van der Waals surface area contributed by atoms with Gasteiger partial charge in [-0.15, -0.1) is 0 Å². The average Bonchev–Trinajstić information content (AvgIpc) is 2.81. The van der Waals surface area contributed by atoms with Crippen molar-refractivity contribution in [2.75, 3.05) is 12.4 Å². The van der Waals surface area contributed by atoms with E-state index < -0.39 is 0 Å². The second kappa shape index (κ2) is 4.65. The lowest BCUT2D eigenvalue weighted by Crippen LogP contribution is -2.07. The molecule has 1 heterocycles. The molecule has 1 unspecified atom stereocenters. The van der Waals surface area contributed by atoms with Gasteiger partial charge >= 0.3 is 0 Å². The number of ether oxygens (including phenoxy) is 1. The third-order valence-electron chi connectivity index (χ3n) is 3.34. The first-order valence-electron chi connectivity index (χ1n) is 5.96. The molecule has 2 aromatic carbocycles. The van der Waals surface area contributed by atoms with Crippen LogP contribution in [0.5, 0.6) is 5.75 Å². The van der Waals surface area contributed by atoms with Crippen LogP contribution in [-0.4, -0.2) is 7.11 Å². The highest BCUT2D eigenvalue weighted by atomic mass is 79.9. The number of nitrogens with one attached hydrogen (secondary N) is 1. The normalized spacial score (nSPS) is 17.1. The Balaban J connectivity index is 1.93. The average molecular weight is 304 g/mol. The van der Waals surface area contributed by atoms with Crippen LogP contribution in [-0.2, 0) is 6.42 Å². The van der Waals surface area contributed by atoms with E-state index in [0.717, 1.165) is 16.6 Å². The number of para-hydroxylation sites is 1. The molecular weight excluding hydrogens is 290 g/mol. The molecule has 1 aliphatic heterocycles. The first-order chi connectivity index (χ1) is 8.78. The lowest BCUT2D eigenvalue weighted by atomic mass is 10.0. The van der Waals surface area contributed by atoms with E-state index in [9.17, 15) is 0 Å². The molecule has 3 heteroatoms. The second-order valence-corrected chi connectivity index (χ2v) is 5.36.